The zero-order valence-electron chi connectivity index (χ0n) is 11.6. The Morgan fingerprint density at radius 3 is 2.30 bits per heavy atom. The number of hydrogen-bond acceptors (Lipinski definition) is 2. The van der Waals surface area contributed by atoms with Gasteiger partial charge in [-0.25, -0.2) is 0 Å². The highest BCUT2D eigenvalue weighted by molar-refractivity contribution is 6.42. The number of benzene rings is 1. The number of imide groups is 1. The number of carbonyl (C=O) groups excluding carboxylic acids is 2. The summed E-state index contributed by atoms with van der Waals surface area (Å²) in [5.74, 6) is -0.177. The zero-order valence-corrected chi connectivity index (χ0v) is 13.1. The first kappa shape index (κ1) is 15.3. The van der Waals surface area contributed by atoms with E-state index in [-0.39, 0.29) is 18.4 Å². The van der Waals surface area contributed by atoms with E-state index in [1.807, 2.05) is 13.8 Å². The first-order chi connectivity index (χ1) is 9.43. The molecule has 1 aromatic rings. The van der Waals surface area contributed by atoms with Crippen LogP contribution in [0.3, 0.4) is 0 Å². The van der Waals surface area contributed by atoms with Crippen molar-refractivity contribution in [2.75, 3.05) is 0 Å². The fraction of sp³-hybridized carbons (Fsp3) is 0.467. The molecule has 108 valence electrons. The van der Waals surface area contributed by atoms with Crippen LogP contribution in [0, 0.1) is 5.41 Å². The zero-order chi connectivity index (χ0) is 14.9. The molecule has 1 saturated heterocycles. The second-order valence-electron chi connectivity index (χ2n) is 5.20. The summed E-state index contributed by atoms with van der Waals surface area (Å²) in [6, 6.07) is 5.16. The van der Waals surface area contributed by atoms with Gasteiger partial charge in [0.15, 0.2) is 0 Å². The quantitative estimate of drug-likeness (QED) is 0.786. The highest BCUT2D eigenvalue weighted by Crippen LogP contribution is 2.39. The molecule has 2 rings (SSSR count). The Labute approximate surface area is 128 Å². The molecular weight excluding hydrogens is 297 g/mol. The molecule has 0 aromatic heterocycles. The summed E-state index contributed by atoms with van der Waals surface area (Å²) in [4.78, 5) is 26.0. The number of halogens is 2. The molecule has 1 aliphatic rings. The highest BCUT2D eigenvalue weighted by Gasteiger charge is 2.48. The van der Waals surface area contributed by atoms with E-state index in [1.54, 1.807) is 18.2 Å². The van der Waals surface area contributed by atoms with Crippen molar-refractivity contribution >= 4 is 35.0 Å². The number of amides is 2. The van der Waals surface area contributed by atoms with Gasteiger partial charge in [-0.05, 0) is 30.5 Å². The van der Waals surface area contributed by atoms with Crippen LogP contribution in [-0.4, -0.2) is 16.7 Å². The van der Waals surface area contributed by atoms with Crippen LogP contribution in [0.25, 0.3) is 0 Å². The molecule has 0 bridgehead atoms. The fourth-order valence-electron chi connectivity index (χ4n) is 2.64. The van der Waals surface area contributed by atoms with Crippen LogP contribution in [0.5, 0.6) is 0 Å². The second-order valence-corrected chi connectivity index (χ2v) is 6.01. The van der Waals surface area contributed by atoms with E-state index >= 15 is 0 Å². The second kappa shape index (κ2) is 5.74. The molecule has 0 atom stereocenters. The van der Waals surface area contributed by atoms with Gasteiger partial charge in [0.05, 0.1) is 22.0 Å². The lowest BCUT2D eigenvalue weighted by Gasteiger charge is -2.23. The van der Waals surface area contributed by atoms with E-state index in [9.17, 15) is 9.59 Å². The van der Waals surface area contributed by atoms with Crippen LogP contribution in [0.2, 0.25) is 10.0 Å². The van der Waals surface area contributed by atoms with E-state index in [2.05, 4.69) is 0 Å². The van der Waals surface area contributed by atoms with Crippen LogP contribution in [0.1, 0.15) is 38.7 Å². The van der Waals surface area contributed by atoms with E-state index in [0.29, 0.717) is 29.3 Å². The van der Waals surface area contributed by atoms with Crippen LogP contribution >= 0.6 is 23.2 Å². The molecule has 0 unspecified atom stereocenters. The predicted octanol–water partition coefficient (Wildman–Crippen LogP) is 4.06. The first-order valence-electron chi connectivity index (χ1n) is 6.72. The van der Waals surface area contributed by atoms with Gasteiger partial charge in [-0.1, -0.05) is 43.1 Å². The van der Waals surface area contributed by atoms with Gasteiger partial charge in [-0.3, -0.25) is 14.5 Å². The minimum atomic E-state index is -0.521. The lowest BCUT2D eigenvalue weighted by molar-refractivity contribution is -0.142. The van der Waals surface area contributed by atoms with Crippen molar-refractivity contribution in [3.8, 4) is 0 Å². The van der Waals surface area contributed by atoms with Gasteiger partial charge in [0.25, 0.3) is 0 Å². The van der Waals surface area contributed by atoms with Gasteiger partial charge in [0.2, 0.25) is 11.8 Å². The molecule has 20 heavy (non-hydrogen) atoms. The van der Waals surface area contributed by atoms with Crippen molar-refractivity contribution in [2.45, 2.75) is 39.7 Å². The number of likely N-dealkylation sites (tertiary alicyclic amines) is 1. The topological polar surface area (TPSA) is 37.4 Å². The van der Waals surface area contributed by atoms with E-state index < -0.39 is 5.41 Å². The molecule has 5 heteroatoms. The fourth-order valence-corrected chi connectivity index (χ4v) is 2.96. The van der Waals surface area contributed by atoms with Gasteiger partial charge in [0, 0.05) is 6.42 Å². The molecule has 0 spiro atoms. The number of rotatable bonds is 4. The SMILES string of the molecule is CCC1(CC)CC(=O)N(Cc2ccc(Cl)c(Cl)c2)C1=O. The van der Waals surface area contributed by atoms with E-state index in [4.69, 9.17) is 23.2 Å². The van der Waals surface area contributed by atoms with E-state index in [1.165, 1.54) is 4.90 Å². The van der Waals surface area contributed by atoms with Crippen molar-refractivity contribution in [3.05, 3.63) is 33.8 Å². The molecule has 1 aliphatic heterocycles. The van der Waals surface area contributed by atoms with Gasteiger partial charge in [-0.2, -0.15) is 0 Å². The number of hydrogen-bond donors (Lipinski definition) is 0. The van der Waals surface area contributed by atoms with Crippen LogP contribution in [0.15, 0.2) is 18.2 Å². The van der Waals surface area contributed by atoms with Crippen molar-refractivity contribution in [1.82, 2.24) is 4.90 Å². The molecule has 0 N–H and O–H groups in total. The standard InChI is InChI=1S/C15H17Cl2NO2/c1-3-15(4-2)8-13(19)18(14(15)20)9-10-5-6-11(16)12(17)7-10/h5-7H,3-4,8-9H2,1-2H3. The molecule has 3 nitrogen and oxygen atoms in total. The normalized spacial score (nSPS) is 17.9. The Morgan fingerprint density at radius 2 is 1.80 bits per heavy atom. The molecule has 1 fully saturated rings. The molecular formula is C15H17Cl2NO2. The summed E-state index contributed by atoms with van der Waals surface area (Å²) >= 11 is 11.8. The number of nitrogens with zero attached hydrogens (tertiary/aromatic N) is 1. The van der Waals surface area contributed by atoms with Crippen molar-refractivity contribution in [1.29, 1.82) is 0 Å². The maximum absolute atomic E-state index is 12.5. The molecule has 0 saturated carbocycles. The molecule has 0 aliphatic carbocycles. The maximum Gasteiger partial charge on any atom is 0.236 e. The first-order valence-corrected chi connectivity index (χ1v) is 7.48. The summed E-state index contributed by atoms with van der Waals surface area (Å²) in [5, 5.41) is 0.895. The Hall–Kier alpha value is -1.06. The molecule has 0 radical (unpaired) electrons. The average Bonchev–Trinajstić information content (AvgIpc) is 2.67. The summed E-state index contributed by atoms with van der Waals surface area (Å²) < 4.78 is 0. The summed E-state index contributed by atoms with van der Waals surface area (Å²) in [6.45, 7) is 4.17. The van der Waals surface area contributed by atoms with Crippen molar-refractivity contribution in [3.63, 3.8) is 0 Å². The molecule has 2 amide bonds. The Morgan fingerprint density at radius 1 is 1.15 bits per heavy atom. The minimum Gasteiger partial charge on any atom is -0.278 e. The Balaban J connectivity index is 2.23. The van der Waals surface area contributed by atoms with Crippen LogP contribution < -0.4 is 0 Å². The third-order valence-corrected chi connectivity index (χ3v) is 4.91. The molecule has 1 aromatic carbocycles. The van der Waals surface area contributed by atoms with Crippen LogP contribution in [-0.2, 0) is 16.1 Å². The predicted molar refractivity (Wildman–Crippen MR) is 79.7 cm³/mol. The largest absolute Gasteiger partial charge is 0.278 e. The smallest absolute Gasteiger partial charge is 0.236 e. The van der Waals surface area contributed by atoms with Crippen LogP contribution in [0.4, 0.5) is 0 Å². The summed E-state index contributed by atoms with van der Waals surface area (Å²) in [7, 11) is 0. The monoisotopic (exact) mass is 313 g/mol. The molecule has 1 heterocycles. The lowest BCUT2D eigenvalue weighted by atomic mass is 9.81. The minimum absolute atomic E-state index is 0.0708. The summed E-state index contributed by atoms with van der Waals surface area (Å²) in [5.41, 5.74) is 0.289. The third-order valence-electron chi connectivity index (χ3n) is 4.17. The van der Waals surface area contributed by atoms with E-state index in [0.717, 1.165) is 5.56 Å². The van der Waals surface area contributed by atoms with Gasteiger partial charge in [0.1, 0.15) is 0 Å². The number of carbonyl (C=O) groups is 2. The van der Waals surface area contributed by atoms with Crippen molar-refractivity contribution < 1.29 is 9.59 Å². The van der Waals surface area contributed by atoms with Gasteiger partial charge >= 0.3 is 0 Å². The van der Waals surface area contributed by atoms with Crippen molar-refractivity contribution in [2.24, 2.45) is 5.41 Å². The Kier molecular flexibility index (Phi) is 4.40. The van der Waals surface area contributed by atoms with Gasteiger partial charge < -0.3 is 0 Å². The van der Waals surface area contributed by atoms with Gasteiger partial charge in [-0.15, -0.1) is 0 Å². The maximum atomic E-state index is 12.5. The summed E-state index contributed by atoms with van der Waals surface area (Å²) in [6.07, 6.45) is 1.68. The third kappa shape index (κ3) is 2.57. The highest BCUT2D eigenvalue weighted by atomic mass is 35.5. The Bertz CT molecular complexity index is 553. The average molecular weight is 314 g/mol. The lowest BCUT2D eigenvalue weighted by Crippen LogP contribution is -2.34.